The van der Waals surface area contributed by atoms with Crippen LogP contribution in [0.15, 0.2) is 43.0 Å². The number of aromatic nitrogens is 1. The van der Waals surface area contributed by atoms with Crippen molar-refractivity contribution in [2.45, 2.75) is 25.1 Å². The van der Waals surface area contributed by atoms with Gasteiger partial charge < -0.3 is 25.5 Å². The largest absolute Gasteiger partial charge is 0.490 e. The summed E-state index contributed by atoms with van der Waals surface area (Å²) in [5, 5.41) is 9.31. The minimum atomic E-state index is -5.08. The number of pyridine rings is 1. The van der Waals surface area contributed by atoms with E-state index in [-0.39, 0.29) is 11.9 Å². The molecule has 1 saturated heterocycles. The number of amides is 1. The molecule has 1 atom stereocenters. The van der Waals surface area contributed by atoms with E-state index in [1.807, 2.05) is 6.07 Å². The number of carbonyl (C=O) groups excluding carboxylic acids is 1. The molecule has 36 heavy (non-hydrogen) atoms. The molecule has 3 heterocycles. The lowest BCUT2D eigenvalue weighted by Crippen LogP contribution is -2.27. The molecular weight excluding hydrogens is 475 g/mol. The number of rotatable bonds is 4. The number of carboxylic acids is 1. The van der Waals surface area contributed by atoms with E-state index in [0.29, 0.717) is 0 Å². The minimum absolute atomic E-state index is 0.123. The Kier molecular flexibility index (Phi) is 8.36. The van der Waals surface area contributed by atoms with Crippen molar-refractivity contribution in [1.29, 1.82) is 0 Å². The molecule has 0 bridgehead atoms. The van der Waals surface area contributed by atoms with Crippen LogP contribution in [0.5, 0.6) is 0 Å². The average Bonchev–Trinajstić information content (AvgIpc) is 3.28. The van der Waals surface area contributed by atoms with E-state index in [1.165, 1.54) is 11.6 Å². The summed E-state index contributed by atoms with van der Waals surface area (Å²) in [6.45, 7) is 7.31. The van der Waals surface area contributed by atoms with E-state index in [1.54, 1.807) is 11.9 Å². The first-order valence-corrected chi connectivity index (χ1v) is 11.4. The number of alkyl halides is 3. The van der Waals surface area contributed by atoms with Crippen LogP contribution in [0.1, 0.15) is 18.5 Å². The molecule has 1 aromatic carbocycles. The Morgan fingerprint density at radius 1 is 1.28 bits per heavy atom. The molecule has 2 aliphatic rings. The molecule has 0 unspecified atom stereocenters. The Hall–Kier alpha value is -3.44. The number of hydrogen-bond donors (Lipinski definition) is 2. The highest BCUT2D eigenvalue weighted by atomic mass is 19.4. The zero-order chi connectivity index (χ0) is 26.6. The number of fused-ring (bicyclic) bond motifs is 1. The third kappa shape index (κ3) is 6.41. The van der Waals surface area contributed by atoms with Gasteiger partial charge in [-0.05, 0) is 61.2 Å². The predicted octanol–water partition coefficient (Wildman–Crippen LogP) is 3.27. The number of halogens is 3. The highest BCUT2D eigenvalue weighted by molar-refractivity contribution is 6.03. The fourth-order valence-electron chi connectivity index (χ4n) is 4.09. The van der Waals surface area contributed by atoms with Gasteiger partial charge in [0, 0.05) is 50.3 Å². The highest BCUT2D eigenvalue weighted by Crippen LogP contribution is 2.34. The van der Waals surface area contributed by atoms with E-state index in [4.69, 9.17) is 20.6 Å². The van der Waals surface area contributed by atoms with Gasteiger partial charge in [0.15, 0.2) is 0 Å². The molecule has 194 valence electrons. The lowest BCUT2D eigenvalue weighted by atomic mass is 10.0. The normalized spacial score (nSPS) is 18.3. The van der Waals surface area contributed by atoms with Gasteiger partial charge in [-0.2, -0.15) is 13.2 Å². The zero-order valence-corrected chi connectivity index (χ0v) is 20.3. The number of benzene rings is 1. The highest BCUT2D eigenvalue weighted by Gasteiger charge is 2.38. The standard InChI is InChI=1S/C23H29N5O.C2HF3O2/c1-4-22(29)27(3)19-5-6-20-17(13-19)14-21(16-7-10-26(2)11-8-16)25-23(20)28-12-9-18(24)15-28;3-2(4,5)1(6)7/h4-7,13-14,18H,1,8-12,15,24H2,2-3H3;(H,6,7)/t18-;/m1./s1. The Morgan fingerprint density at radius 2 is 1.97 bits per heavy atom. The summed E-state index contributed by atoms with van der Waals surface area (Å²) in [7, 11) is 3.91. The number of likely N-dealkylation sites (N-methyl/N-ethyl adjacent to an activating group) is 2. The van der Waals surface area contributed by atoms with Gasteiger partial charge >= 0.3 is 12.1 Å². The number of nitrogens with zero attached hydrogens (tertiary/aromatic N) is 4. The van der Waals surface area contributed by atoms with Gasteiger partial charge in [0.05, 0.1) is 5.69 Å². The number of carboxylic acid groups (broad SMARTS) is 1. The molecule has 0 radical (unpaired) electrons. The quantitative estimate of drug-likeness (QED) is 0.615. The number of aliphatic carboxylic acids is 1. The fourth-order valence-corrected chi connectivity index (χ4v) is 4.09. The lowest BCUT2D eigenvalue weighted by molar-refractivity contribution is -0.192. The van der Waals surface area contributed by atoms with Crippen molar-refractivity contribution in [2.24, 2.45) is 5.73 Å². The van der Waals surface area contributed by atoms with Crippen LogP contribution in [0.3, 0.4) is 0 Å². The van der Waals surface area contributed by atoms with Crippen LogP contribution in [0, 0.1) is 0 Å². The second-order valence-electron chi connectivity index (χ2n) is 8.88. The molecule has 4 rings (SSSR count). The summed E-state index contributed by atoms with van der Waals surface area (Å²) in [6, 6.07) is 8.45. The lowest BCUT2D eigenvalue weighted by Gasteiger charge is -2.25. The van der Waals surface area contributed by atoms with Crippen molar-refractivity contribution in [3.8, 4) is 0 Å². The molecule has 0 saturated carbocycles. The molecule has 11 heteroatoms. The molecule has 2 aromatic rings. The van der Waals surface area contributed by atoms with Crippen LogP contribution in [0.4, 0.5) is 24.7 Å². The number of hydrogen-bond acceptors (Lipinski definition) is 6. The van der Waals surface area contributed by atoms with E-state index < -0.39 is 12.1 Å². The van der Waals surface area contributed by atoms with Crippen molar-refractivity contribution in [3.05, 3.63) is 48.7 Å². The summed E-state index contributed by atoms with van der Waals surface area (Å²) < 4.78 is 31.7. The summed E-state index contributed by atoms with van der Waals surface area (Å²) in [5.41, 5.74) is 9.34. The number of carbonyl (C=O) groups is 2. The molecule has 2 aliphatic heterocycles. The number of anilines is 2. The first-order valence-electron chi connectivity index (χ1n) is 11.4. The van der Waals surface area contributed by atoms with Gasteiger partial charge in [0.25, 0.3) is 0 Å². The average molecular weight is 506 g/mol. The van der Waals surface area contributed by atoms with E-state index >= 15 is 0 Å². The third-order valence-corrected chi connectivity index (χ3v) is 6.20. The molecule has 1 aromatic heterocycles. The van der Waals surface area contributed by atoms with Crippen LogP contribution < -0.4 is 15.5 Å². The molecular formula is C25H30F3N5O3. The van der Waals surface area contributed by atoms with Gasteiger partial charge in [-0.3, -0.25) is 4.79 Å². The monoisotopic (exact) mass is 505 g/mol. The van der Waals surface area contributed by atoms with Crippen LogP contribution in [-0.4, -0.2) is 79.4 Å². The summed E-state index contributed by atoms with van der Waals surface area (Å²) in [6.07, 6.45) is 0.495. The van der Waals surface area contributed by atoms with Gasteiger partial charge in [0.2, 0.25) is 5.91 Å². The second kappa shape index (κ2) is 11.1. The van der Waals surface area contributed by atoms with E-state index in [9.17, 15) is 18.0 Å². The van der Waals surface area contributed by atoms with Gasteiger partial charge in [0.1, 0.15) is 5.82 Å². The fraction of sp³-hybridized carbons (Fsp3) is 0.400. The predicted molar refractivity (Wildman–Crippen MR) is 134 cm³/mol. The molecule has 1 fully saturated rings. The maximum Gasteiger partial charge on any atom is 0.490 e. The maximum absolute atomic E-state index is 12.1. The number of nitrogens with two attached hydrogens (primary N) is 1. The summed E-state index contributed by atoms with van der Waals surface area (Å²) in [5.74, 6) is -1.88. The first kappa shape index (κ1) is 27.2. The topological polar surface area (TPSA) is 103 Å². The Labute approximate surface area is 207 Å². The van der Waals surface area contributed by atoms with Crippen molar-refractivity contribution in [1.82, 2.24) is 9.88 Å². The van der Waals surface area contributed by atoms with Crippen LogP contribution >= 0.6 is 0 Å². The van der Waals surface area contributed by atoms with Crippen molar-refractivity contribution >= 4 is 39.7 Å². The molecule has 3 N–H and O–H groups in total. The van der Waals surface area contributed by atoms with Gasteiger partial charge in [-0.1, -0.05) is 12.7 Å². The zero-order valence-electron chi connectivity index (χ0n) is 20.3. The van der Waals surface area contributed by atoms with Gasteiger partial charge in [-0.15, -0.1) is 0 Å². The Morgan fingerprint density at radius 3 is 2.50 bits per heavy atom. The maximum atomic E-state index is 12.1. The minimum Gasteiger partial charge on any atom is -0.475 e. The smallest absolute Gasteiger partial charge is 0.475 e. The summed E-state index contributed by atoms with van der Waals surface area (Å²) >= 11 is 0. The SMILES string of the molecule is C=CC(=O)N(C)c1ccc2c(N3CC[C@@H](N)C3)nc(C3=CCN(C)CC3)cc2c1.O=C(O)C(F)(F)F. The molecule has 1 amide bonds. The molecule has 8 nitrogen and oxygen atoms in total. The third-order valence-electron chi connectivity index (χ3n) is 6.20. The van der Waals surface area contributed by atoms with Crippen molar-refractivity contribution in [2.75, 3.05) is 50.1 Å². The van der Waals surface area contributed by atoms with Crippen LogP contribution in [-0.2, 0) is 9.59 Å². The molecule has 0 spiro atoms. The Balaban J connectivity index is 0.000000454. The van der Waals surface area contributed by atoms with E-state index in [0.717, 1.165) is 67.0 Å². The molecule has 0 aliphatic carbocycles. The summed E-state index contributed by atoms with van der Waals surface area (Å²) in [4.78, 5) is 32.3. The van der Waals surface area contributed by atoms with Crippen LogP contribution in [0.25, 0.3) is 16.3 Å². The van der Waals surface area contributed by atoms with E-state index in [2.05, 4.69) is 47.7 Å². The first-order chi connectivity index (χ1) is 16.9. The second-order valence-corrected chi connectivity index (χ2v) is 8.88. The van der Waals surface area contributed by atoms with Gasteiger partial charge in [-0.25, -0.2) is 9.78 Å². The van der Waals surface area contributed by atoms with Crippen molar-refractivity contribution < 1.29 is 27.9 Å². The van der Waals surface area contributed by atoms with Crippen molar-refractivity contribution in [3.63, 3.8) is 0 Å². The Bertz CT molecular complexity index is 1180. The van der Waals surface area contributed by atoms with Crippen LogP contribution in [0.2, 0.25) is 0 Å².